The van der Waals surface area contributed by atoms with Gasteiger partial charge in [0.15, 0.2) is 11.5 Å². The summed E-state index contributed by atoms with van der Waals surface area (Å²) in [6, 6.07) is 20.8. The maximum atomic E-state index is 13.6. The molecule has 1 heterocycles. The highest BCUT2D eigenvalue weighted by molar-refractivity contribution is 7.89. The van der Waals surface area contributed by atoms with E-state index in [4.69, 9.17) is 15.2 Å². The number of anilines is 1. The molecule has 1 aliphatic rings. The lowest BCUT2D eigenvalue weighted by atomic mass is 10.1. The molecule has 0 saturated carbocycles. The van der Waals surface area contributed by atoms with Gasteiger partial charge in [-0.1, -0.05) is 62.7 Å². The van der Waals surface area contributed by atoms with E-state index in [0.29, 0.717) is 75.0 Å². The number of para-hydroxylation sites is 1. The number of amides is 2. The highest BCUT2D eigenvalue weighted by atomic mass is 32.2. The van der Waals surface area contributed by atoms with Crippen LogP contribution in [0, 0.1) is 5.92 Å². The summed E-state index contributed by atoms with van der Waals surface area (Å²) >= 11 is 0. The van der Waals surface area contributed by atoms with Gasteiger partial charge in [-0.15, -0.1) is 0 Å². The Bertz CT molecular complexity index is 1450. The number of carbonyl (C=O) groups excluding carboxylic acids is 1. The van der Waals surface area contributed by atoms with Gasteiger partial charge < -0.3 is 30.5 Å². The lowest BCUT2D eigenvalue weighted by molar-refractivity contribution is 0.170. The second-order valence-corrected chi connectivity index (χ2v) is 13.3. The number of sulfonamides is 1. The first-order chi connectivity index (χ1) is 21.2. The molecule has 11 heteroatoms. The van der Waals surface area contributed by atoms with Crippen LogP contribution < -0.4 is 20.5 Å². The maximum Gasteiger partial charge on any atom is 0.318 e. The van der Waals surface area contributed by atoms with E-state index >= 15 is 0 Å². The van der Waals surface area contributed by atoms with Gasteiger partial charge in [-0.3, -0.25) is 0 Å². The largest absolute Gasteiger partial charge is 0.454 e. The molecule has 0 radical (unpaired) electrons. The van der Waals surface area contributed by atoms with Crippen molar-refractivity contribution in [3.8, 4) is 11.5 Å². The molecule has 1 aliphatic heterocycles. The average Bonchev–Trinajstić information content (AvgIpc) is 3.50. The number of carbonyl (C=O) groups is 1. The zero-order chi connectivity index (χ0) is 31.5. The van der Waals surface area contributed by atoms with Crippen LogP contribution in [0.2, 0.25) is 0 Å². The van der Waals surface area contributed by atoms with Gasteiger partial charge in [0.2, 0.25) is 16.8 Å². The minimum Gasteiger partial charge on any atom is -0.454 e. The number of hydrogen-bond donors (Lipinski definition) is 3. The number of urea groups is 1. The van der Waals surface area contributed by atoms with Crippen LogP contribution in [0.1, 0.15) is 50.7 Å². The monoisotopic (exact) mass is 624 g/mol. The number of unbranched alkanes of at least 4 members (excludes halogenated alkanes) is 1. The fraction of sp³-hybridized carbons (Fsp3) is 0.424. The van der Waals surface area contributed by atoms with Crippen molar-refractivity contribution in [1.82, 2.24) is 14.5 Å². The molecule has 0 fully saturated rings. The van der Waals surface area contributed by atoms with Gasteiger partial charge in [0.05, 0.1) is 18.0 Å². The number of benzene rings is 3. The van der Waals surface area contributed by atoms with Gasteiger partial charge in [0, 0.05) is 36.9 Å². The number of nitrogens with zero attached hydrogens (tertiary/aromatic N) is 2. The Morgan fingerprint density at radius 2 is 1.70 bits per heavy atom. The molecule has 238 valence electrons. The molecule has 3 aromatic rings. The Kier molecular flexibility index (Phi) is 11.9. The summed E-state index contributed by atoms with van der Waals surface area (Å²) in [7, 11) is -3.83. The number of rotatable bonds is 16. The Morgan fingerprint density at radius 1 is 0.955 bits per heavy atom. The second-order valence-electron chi connectivity index (χ2n) is 11.4. The van der Waals surface area contributed by atoms with E-state index in [-0.39, 0.29) is 24.3 Å². The molecule has 4 N–H and O–H groups in total. The zero-order valence-corrected chi connectivity index (χ0v) is 26.3. The SMILES string of the molecule is CC(C)CCN([C@H](CO)CCCCNC(=O)N(Cc1ccccc1)Cc1cccc2c1OCO2)S(=O)(=O)c1ccc(N)cc1. The van der Waals surface area contributed by atoms with Crippen molar-refractivity contribution < 1.29 is 27.8 Å². The second kappa shape index (κ2) is 15.8. The van der Waals surface area contributed by atoms with E-state index in [0.717, 1.165) is 11.1 Å². The number of ether oxygens (including phenoxy) is 2. The third kappa shape index (κ3) is 8.87. The zero-order valence-electron chi connectivity index (χ0n) is 25.5. The number of nitrogens with one attached hydrogen (secondary N) is 1. The smallest absolute Gasteiger partial charge is 0.318 e. The number of fused-ring (bicyclic) bond motifs is 1. The molecule has 3 aromatic carbocycles. The summed E-state index contributed by atoms with van der Waals surface area (Å²) in [4.78, 5) is 15.3. The van der Waals surface area contributed by atoms with E-state index in [1.807, 2.05) is 62.4 Å². The Morgan fingerprint density at radius 3 is 2.41 bits per heavy atom. The van der Waals surface area contributed by atoms with Crippen molar-refractivity contribution in [2.24, 2.45) is 5.92 Å². The minimum absolute atomic E-state index is 0.153. The first-order valence-corrected chi connectivity index (χ1v) is 16.6. The molecule has 2 amide bonds. The van der Waals surface area contributed by atoms with E-state index in [2.05, 4.69) is 5.32 Å². The van der Waals surface area contributed by atoms with E-state index in [9.17, 15) is 18.3 Å². The maximum absolute atomic E-state index is 13.6. The van der Waals surface area contributed by atoms with E-state index in [1.54, 1.807) is 17.0 Å². The first kappa shape index (κ1) is 33.1. The van der Waals surface area contributed by atoms with Gasteiger partial charge >= 0.3 is 6.03 Å². The molecule has 4 rings (SSSR count). The van der Waals surface area contributed by atoms with Crippen LogP contribution in [-0.2, 0) is 23.1 Å². The van der Waals surface area contributed by atoms with Crippen molar-refractivity contribution in [3.05, 3.63) is 83.9 Å². The first-order valence-electron chi connectivity index (χ1n) is 15.1. The van der Waals surface area contributed by atoms with Gasteiger partial charge in [-0.25, -0.2) is 13.2 Å². The number of hydrogen-bond acceptors (Lipinski definition) is 7. The molecular formula is C33H44N4O6S. The minimum atomic E-state index is -3.83. The lowest BCUT2D eigenvalue weighted by Crippen LogP contribution is -2.43. The molecule has 0 aromatic heterocycles. The van der Waals surface area contributed by atoms with Crippen LogP contribution in [0.25, 0.3) is 0 Å². The normalized spacial score (nSPS) is 13.3. The van der Waals surface area contributed by atoms with Gasteiger partial charge in [0.25, 0.3) is 0 Å². The summed E-state index contributed by atoms with van der Waals surface area (Å²) in [5, 5.41) is 13.3. The van der Waals surface area contributed by atoms with Crippen molar-refractivity contribution >= 4 is 21.7 Å². The third-order valence-corrected chi connectivity index (χ3v) is 9.58. The Labute approximate surface area is 260 Å². The van der Waals surface area contributed by atoms with Gasteiger partial charge in [0.1, 0.15) is 0 Å². The predicted octanol–water partition coefficient (Wildman–Crippen LogP) is 4.98. The fourth-order valence-electron chi connectivity index (χ4n) is 5.12. The molecule has 0 aliphatic carbocycles. The van der Waals surface area contributed by atoms with Crippen molar-refractivity contribution in [1.29, 1.82) is 0 Å². The number of nitrogens with two attached hydrogens (primary N) is 1. The van der Waals surface area contributed by atoms with Crippen molar-refractivity contribution in [2.75, 3.05) is 32.2 Å². The number of nitrogen functional groups attached to an aromatic ring is 1. The van der Waals surface area contributed by atoms with Gasteiger partial charge in [-0.2, -0.15) is 4.31 Å². The molecule has 0 bridgehead atoms. The van der Waals surface area contributed by atoms with Crippen molar-refractivity contribution in [3.63, 3.8) is 0 Å². The van der Waals surface area contributed by atoms with E-state index in [1.165, 1.54) is 16.4 Å². The summed E-state index contributed by atoms with van der Waals surface area (Å²) < 4.78 is 39.7. The summed E-state index contributed by atoms with van der Waals surface area (Å²) in [5.74, 6) is 1.62. The van der Waals surface area contributed by atoms with Crippen LogP contribution in [0.4, 0.5) is 10.5 Å². The molecule has 0 unspecified atom stereocenters. The summed E-state index contributed by atoms with van der Waals surface area (Å²) in [5.41, 5.74) is 8.12. The van der Waals surface area contributed by atoms with E-state index < -0.39 is 16.1 Å². The molecule has 0 spiro atoms. The highest BCUT2D eigenvalue weighted by Gasteiger charge is 2.31. The van der Waals surface area contributed by atoms with Crippen LogP contribution in [0.15, 0.2) is 77.7 Å². The summed E-state index contributed by atoms with van der Waals surface area (Å²) in [6.45, 7) is 5.41. The molecule has 0 saturated heterocycles. The Balaban J connectivity index is 1.36. The van der Waals surface area contributed by atoms with Crippen LogP contribution >= 0.6 is 0 Å². The van der Waals surface area contributed by atoms with Crippen LogP contribution in [0.3, 0.4) is 0 Å². The van der Waals surface area contributed by atoms with Gasteiger partial charge in [-0.05, 0) is 61.1 Å². The quantitative estimate of drug-likeness (QED) is 0.151. The third-order valence-electron chi connectivity index (χ3n) is 7.61. The summed E-state index contributed by atoms with van der Waals surface area (Å²) in [6.07, 6.45) is 2.37. The predicted molar refractivity (Wildman–Crippen MR) is 171 cm³/mol. The Hall–Kier alpha value is -3.80. The number of aliphatic hydroxyl groups excluding tert-OH is 1. The molecule has 44 heavy (non-hydrogen) atoms. The molecular weight excluding hydrogens is 580 g/mol. The van der Waals surface area contributed by atoms with Crippen LogP contribution in [-0.4, -0.2) is 61.3 Å². The molecule has 10 nitrogen and oxygen atoms in total. The fourth-order valence-corrected chi connectivity index (χ4v) is 6.78. The number of aliphatic hydroxyl groups is 1. The highest BCUT2D eigenvalue weighted by Crippen LogP contribution is 2.36. The average molecular weight is 625 g/mol. The van der Waals surface area contributed by atoms with Crippen LogP contribution in [0.5, 0.6) is 11.5 Å². The lowest BCUT2D eigenvalue weighted by Gasteiger charge is -2.30. The topological polar surface area (TPSA) is 134 Å². The molecule has 1 atom stereocenters. The van der Waals surface area contributed by atoms with Crippen molar-refractivity contribution in [2.45, 2.75) is 63.6 Å². The standard InChI is InChI=1S/C33H44N4O6S/c1-25(2)18-20-37(44(40,41)30-16-14-28(34)15-17-30)29(23-38)12-6-7-19-35-33(39)36(21-26-9-4-3-5-10-26)22-27-11-8-13-31-32(27)43-24-42-31/h3-5,8-11,13-17,25,29,38H,6-7,12,18-24,34H2,1-2H3,(H,35,39)/t29-/m0/s1.